The zero-order valence-electron chi connectivity index (χ0n) is 21.7. The van der Waals surface area contributed by atoms with Crippen LogP contribution in [0.2, 0.25) is 5.02 Å². The summed E-state index contributed by atoms with van der Waals surface area (Å²) in [7, 11) is 0. The molecule has 5 nitrogen and oxygen atoms in total. The summed E-state index contributed by atoms with van der Waals surface area (Å²) in [5.74, 6) is -1.85. The fraction of sp³-hybridized carbons (Fsp3) is 0.147. The van der Waals surface area contributed by atoms with Crippen molar-refractivity contribution in [1.29, 1.82) is 0 Å². The number of carbonyl (C=O) groups is 3. The van der Waals surface area contributed by atoms with Crippen molar-refractivity contribution in [1.82, 2.24) is 4.90 Å². The van der Waals surface area contributed by atoms with E-state index in [0.717, 1.165) is 22.3 Å². The highest BCUT2D eigenvalue weighted by Gasteiger charge is 2.70. The molecule has 196 valence electrons. The van der Waals surface area contributed by atoms with Crippen molar-refractivity contribution in [3.05, 3.63) is 142 Å². The van der Waals surface area contributed by atoms with E-state index in [1.807, 2.05) is 84.8 Å². The van der Waals surface area contributed by atoms with E-state index in [4.69, 9.17) is 11.6 Å². The Bertz CT molecular complexity index is 1740. The number of rotatable bonds is 4. The minimum Gasteiger partial charge on any atom is -0.358 e. The first-order valence-corrected chi connectivity index (χ1v) is 13.7. The van der Waals surface area contributed by atoms with Gasteiger partial charge in [-0.2, -0.15) is 0 Å². The minimum atomic E-state index is -1.36. The van der Waals surface area contributed by atoms with Crippen molar-refractivity contribution in [2.24, 2.45) is 5.92 Å². The molecule has 4 atom stereocenters. The van der Waals surface area contributed by atoms with Crippen molar-refractivity contribution < 1.29 is 14.4 Å². The number of halogens is 1. The zero-order chi connectivity index (χ0) is 27.6. The van der Waals surface area contributed by atoms with Crippen LogP contribution in [0.15, 0.2) is 103 Å². The van der Waals surface area contributed by atoms with Crippen LogP contribution in [0.25, 0.3) is 6.08 Å². The normalized spacial score (nSPS) is 23.9. The minimum absolute atomic E-state index is 0.252. The quantitative estimate of drug-likeness (QED) is 0.293. The summed E-state index contributed by atoms with van der Waals surface area (Å²) >= 11 is 6.55. The highest BCUT2D eigenvalue weighted by atomic mass is 35.5. The van der Waals surface area contributed by atoms with Gasteiger partial charge in [0.25, 0.3) is 0 Å². The number of anilines is 1. The number of aryl methyl sites for hydroxylation is 1. The predicted molar refractivity (Wildman–Crippen MR) is 155 cm³/mol. The lowest BCUT2D eigenvalue weighted by Gasteiger charge is -2.38. The van der Waals surface area contributed by atoms with Crippen LogP contribution < -0.4 is 5.32 Å². The molecule has 0 aliphatic carbocycles. The van der Waals surface area contributed by atoms with Crippen LogP contribution in [0.5, 0.6) is 0 Å². The third-order valence-corrected chi connectivity index (χ3v) is 8.93. The van der Waals surface area contributed by atoms with Gasteiger partial charge in [-0.15, -0.1) is 0 Å². The Morgan fingerprint density at radius 1 is 0.850 bits per heavy atom. The molecule has 4 aromatic rings. The molecule has 3 aliphatic heterocycles. The van der Waals surface area contributed by atoms with Crippen molar-refractivity contribution in [3.8, 4) is 0 Å². The van der Waals surface area contributed by atoms with Gasteiger partial charge in [-0.3, -0.25) is 14.4 Å². The molecule has 1 amide bonds. The highest BCUT2D eigenvalue weighted by molar-refractivity contribution is 6.34. The fourth-order valence-corrected chi connectivity index (χ4v) is 7.11. The number of carbonyl (C=O) groups excluding carboxylic acids is 3. The number of amides is 1. The third kappa shape index (κ3) is 3.31. The number of hydrogen-bond acceptors (Lipinski definition) is 4. The van der Waals surface area contributed by atoms with E-state index in [9.17, 15) is 14.4 Å². The summed E-state index contributed by atoms with van der Waals surface area (Å²) < 4.78 is 0. The zero-order valence-corrected chi connectivity index (χ0v) is 22.4. The SMILES string of the molecule is Cc1ccc(C(=O)[C@@H]2[C@@H](C(=O)c3ccccc3Cl)N3C=Cc4ccccc4[C@@H]3[C@]23C(=O)Nc2ccccc23)cc1. The van der Waals surface area contributed by atoms with Crippen molar-refractivity contribution in [3.63, 3.8) is 0 Å². The maximum atomic E-state index is 14.7. The van der Waals surface area contributed by atoms with E-state index < -0.39 is 23.4 Å². The number of hydrogen-bond donors (Lipinski definition) is 1. The topological polar surface area (TPSA) is 66.5 Å². The van der Waals surface area contributed by atoms with Crippen LogP contribution >= 0.6 is 11.6 Å². The third-order valence-electron chi connectivity index (χ3n) is 8.60. The lowest BCUT2D eigenvalue weighted by Crippen LogP contribution is -2.49. The summed E-state index contributed by atoms with van der Waals surface area (Å²) in [5, 5.41) is 3.38. The standard InChI is InChI=1S/C34H25ClN2O3/c1-20-14-16-22(17-15-20)30(38)28-29(31(39)24-10-4-6-12-26(24)35)37-19-18-21-8-2-3-9-23(21)32(37)34(28)25-11-5-7-13-27(25)36-33(34)40/h2-19,28-29,32H,1H3,(H,36,40)/t28-,29-,32+,34+/m0/s1. The van der Waals surface area contributed by atoms with E-state index in [1.54, 1.807) is 36.4 Å². The monoisotopic (exact) mass is 544 g/mol. The van der Waals surface area contributed by atoms with Gasteiger partial charge >= 0.3 is 0 Å². The van der Waals surface area contributed by atoms with Crippen LogP contribution in [0.3, 0.4) is 0 Å². The Morgan fingerprint density at radius 3 is 2.35 bits per heavy atom. The van der Waals surface area contributed by atoms with Crippen LogP contribution in [-0.2, 0) is 10.2 Å². The van der Waals surface area contributed by atoms with Crippen LogP contribution in [0, 0.1) is 12.8 Å². The number of nitrogens with one attached hydrogen (secondary N) is 1. The number of ketones is 2. The molecule has 0 radical (unpaired) electrons. The second kappa shape index (κ2) is 9.04. The van der Waals surface area contributed by atoms with Crippen LogP contribution in [0.4, 0.5) is 5.69 Å². The second-order valence-corrected chi connectivity index (χ2v) is 11.1. The molecular formula is C34H25ClN2O3. The smallest absolute Gasteiger partial charge is 0.238 e. The predicted octanol–water partition coefficient (Wildman–Crippen LogP) is 6.63. The largest absolute Gasteiger partial charge is 0.358 e. The Hall–Kier alpha value is -4.48. The lowest BCUT2D eigenvalue weighted by molar-refractivity contribution is -0.122. The Balaban J connectivity index is 1.55. The van der Waals surface area contributed by atoms with Gasteiger partial charge in [0, 0.05) is 23.0 Å². The molecule has 0 saturated carbocycles. The summed E-state index contributed by atoms with van der Waals surface area (Å²) in [5.41, 5.74) is 3.67. The lowest BCUT2D eigenvalue weighted by atomic mass is 9.62. The maximum Gasteiger partial charge on any atom is 0.238 e. The summed E-state index contributed by atoms with van der Waals surface area (Å²) in [4.78, 5) is 45.7. The van der Waals surface area contributed by atoms with Gasteiger partial charge in [0.2, 0.25) is 5.91 Å². The van der Waals surface area contributed by atoms with Gasteiger partial charge < -0.3 is 10.2 Å². The van der Waals surface area contributed by atoms with E-state index >= 15 is 0 Å². The first-order chi connectivity index (χ1) is 19.4. The van der Waals surface area contributed by atoms with E-state index in [0.29, 0.717) is 21.8 Å². The molecular weight excluding hydrogens is 520 g/mol. The van der Waals surface area contributed by atoms with Gasteiger partial charge in [0.15, 0.2) is 11.6 Å². The van der Waals surface area contributed by atoms with E-state index in [2.05, 4.69) is 5.32 Å². The number of nitrogens with zero attached hydrogens (tertiary/aromatic N) is 1. The molecule has 1 spiro atoms. The molecule has 0 unspecified atom stereocenters. The second-order valence-electron chi connectivity index (χ2n) is 10.7. The molecule has 3 heterocycles. The molecule has 1 fully saturated rings. The van der Waals surface area contributed by atoms with E-state index in [1.165, 1.54) is 0 Å². The summed E-state index contributed by atoms with van der Waals surface area (Å²) in [6, 6.07) is 28.0. The number of para-hydroxylation sites is 1. The Morgan fingerprint density at radius 2 is 1.55 bits per heavy atom. The molecule has 1 N–H and O–H groups in total. The summed E-state index contributed by atoms with van der Waals surface area (Å²) in [6.45, 7) is 1.96. The molecule has 40 heavy (non-hydrogen) atoms. The van der Waals surface area contributed by atoms with Gasteiger partial charge in [-0.25, -0.2) is 0 Å². The summed E-state index contributed by atoms with van der Waals surface area (Å²) in [6.07, 6.45) is 3.81. The molecule has 1 saturated heterocycles. The average Bonchev–Trinajstić information content (AvgIpc) is 3.45. The van der Waals surface area contributed by atoms with Crippen LogP contribution in [-0.4, -0.2) is 28.4 Å². The number of Topliss-reactive ketones (excluding diaryl/α,β-unsaturated/α-hetero) is 2. The number of fused-ring (bicyclic) bond motifs is 6. The van der Waals surface area contributed by atoms with Gasteiger partial charge in [-0.1, -0.05) is 96.0 Å². The van der Waals surface area contributed by atoms with Crippen molar-refractivity contribution >= 4 is 40.8 Å². The molecule has 0 aromatic heterocycles. The maximum absolute atomic E-state index is 14.7. The number of benzene rings is 4. The van der Waals surface area contributed by atoms with E-state index in [-0.39, 0.29) is 17.5 Å². The Labute approximate surface area is 237 Å². The molecule has 0 bridgehead atoms. The van der Waals surface area contributed by atoms with Gasteiger partial charge in [0.1, 0.15) is 11.5 Å². The highest BCUT2D eigenvalue weighted by Crippen LogP contribution is 2.62. The average molecular weight is 545 g/mol. The Kier molecular flexibility index (Phi) is 5.55. The van der Waals surface area contributed by atoms with Gasteiger partial charge in [0.05, 0.1) is 17.0 Å². The van der Waals surface area contributed by atoms with Crippen molar-refractivity contribution in [2.75, 3.05) is 5.32 Å². The van der Waals surface area contributed by atoms with Crippen LogP contribution in [0.1, 0.15) is 49.0 Å². The molecule has 3 aliphatic rings. The van der Waals surface area contributed by atoms with Gasteiger partial charge in [-0.05, 0) is 47.9 Å². The molecule has 7 rings (SSSR count). The van der Waals surface area contributed by atoms with Crippen molar-refractivity contribution in [2.45, 2.75) is 24.4 Å². The fourth-order valence-electron chi connectivity index (χ4n) is 6.89. The first kappa shape index (κ1) is 24.6. The first-order valence-electron chi connectivity index (χ1n) is 13.3. The molecule has 4 aromatic carbocycles. The molecule has 6 heteroatoms.